The molecule has 5 nitrogen and oxygen atoms in total. The summed E-state index contributed by atoms with van der Waals surface area (Å²) in [5.41, 5.74) is 1.05. The normalized spacial score (nSPS) is 16.9. The molecule has 0 bridgehead atoms. The number of carbonyl (C=O) groups excluding carboxylic acids is 1. The van der Waals surface area contributed by atoms with E-state index in [-0.39, 0.29) is 17.9 Å². The first-order valence-electron chi connectivity index (χ1n) is 7.24. The minimum Gasteiger partial charge on any atom is -0.472 e. The van der Waals surface area contributed by atoms with E-state index < -0.39 is 5.95 Å². The molecule has 1 atom stereocenters. The SMILES string of the molecule is N#Cc1ccc(C(=O)N2CCC(Oc3cccc(F)n3)C2)cc1. The first kappa shape index (κ1) is 15.0. The van der Waals surface area contributed by atoms with Crippen molar-refractivity contribution in [3.8, 4) is 11.9 Å². The van der Waals surface area contributed by atoms with Gasteiger partial charge in [0.2, 0.25) is 11.8 Å². The zero-order valence-electron chi connectivity index (χ0n) is 12.3. The monoisotopic (exact) mass is 311 g/mol. The minimum absolute atomic E-state index is 0.104. The van der Waals surface area contributed by atoms with E-state index in [4.69, 9.17) is 10.00 Å². The molecule has 0 aliphatic carbocycles. The van der Waals surface area contributed by atoms with Gasteiger partial charge in [0.25, 0.3) is 5.91 Å². The Kier molecular flexibility index (Phi) is 4.20. The number of nitriles is 1. The molecular formula is C17H14FN3O2. The third kappa shape index (κ3) is 3.46. The van der Waals surface area contributed by atoms with Gasteiger partial charge >= 0.3 is 0 Å². The van der Waals surface area contributed by atoms with Crippen LogP contribution in [-0.2, 0) is 0 Å². The van der Waals surface area contributed by atoms with E-state index in [9.17, 15) is 9.18 Å². The van der Waals surface area contributed by atoms with Crippen LogP contribution in [0, 0.1) is 17.3 Å². The number of rotatable bonds is 3. The smallest absolute Gasteiger partial charge is 0.253 e. The third-order valence-corrected chi connectivity index (χ3v) is 3.67. The van der Waals surface area contributed by atoms with E-state index in [1.807, 2.05) is 6.07 Å². The third-order valence-electron chi connectivity index (χ3n) is 3.67. The highest BCUT2D eigenvalue weighted by Crippen LogP contribution is 2.19. The maximum atomic E-state index is 13.1. The summed E-state index contributed by atoms with van der Waals surface area (Å²) in [6, 6.07) is 12.9. The maximum absolute atomic E-state index is 13.1. The van der Waals surface area contributed by atoms with Crippen LogP contribution in [0.4, 0.5) is 4.39 Å². The van der Waals surface area contributed by atoms with Crippen molar-refractivity contribution in [3.63, 3.8) is 0 Å². The first-order valence-corrected chi connectivity index (χ1v) is 7.24. The lowest BCUT2D eigenvalue weighted by Crippen LogP contribution is -2.31. The van der Waals surface area contributed by atoms with Crippen molar-refractivity contribution in [2.24, 2.45) is 0 Å². The molecular weight excluding hydrogens is 297 g/mol. The lowest BCUT2D eigenvalue weighted by Gasteiger charge is -2.17. The molecule has 23 heavy (non-hydrogen) atoms. The number of hydrogen-bond acceptors (Lipinski definition) is 4. The van der Waals surface area contributed by atoms with Gasteiger partial charge in [0.1, 0.15) is 6.10 Å². The molecule has 0 N–H and O–H groups in total. The van der Waals surface area contributed by atoms with Crippen molar-refractivity contribution in [1.82, 2.24) is 9.88 Å². The lowest BCUT2D eigenvalue weighted by molar-refractivity contribution is 0.0771. The van der Waals surface area contributed by atoms with Crippen LogP contribution >= 0.6 is 0 Å². The highest BCUT2D eigenvalue weighted by molar-refractivity contribution is 5.94. The number of amides is 1. The van der Waals surface area contributed by atoms with Crippen LogP contribution in [0.2, 0.25) is 0 Å². The quantitative estimate of drug-likeness (QED) is 0.816. The zero-order valence-corrected chi connectivity index (χ0v) is 12.3. The average Bonchev–Trinajstić information content (AvgIpc) is 3.03. The molecule has 1 aliphatic heterocycles. The van der Waals surface area contributed by atoms with Crippen molar-refractivity contribution >= 4 is 5.91 Å². The second kappa shape index (κ2) is 6.44. The Labute approximate surface area is 132 Å². The molecule has 1 fully saturated rings. The summed E-state index contributed by atoms with van der Waals surface area (Å²) in [6.07, 6.45) is 0.465. The largest absolute Gasteiger partial charge is 0.472 e. The van der Waals surface area contributed by atoms with E-state index in [1.54, 1.807) is 35.2 Å². The second-order valence-corrected chi connectivity index (χ2v) is 5.27. The standard InChI is InChI=1S/C17H14FN3O2/c18-15-2-1-3-16(20-15)23-14-8-9-21(11-14)17(22)13-6-4-12(10-19)5-7-13/h1-7,14H,8-9,11H2. The fraction of sp³-hybridized carbons (Fsp3) is 0.235. The Balaban J connectivity index is 1.62. The summed E-state index contributed by atoms with van der Waals surface area (Å²) >= 11 is 0. The van der Waals surface area contributed by atoms with E-state index >= 15 is 0 Å². The van der Waals surface area contributed by atoms with Crippen LogP contribution in [0.1, 0.15) is 22.3 Å². The first-order chi connectivity index (χ1) is 11.2. The van der Waals surface area contributed by atoms with Crippen molar-refractivity contribution in [3.05, 3.63) is 59.5 Å². The van der Waals surface area contributed by atoms with Gasteiger partial charge in [-0.25, -0.2) is 0 Å². The Morgan fingerprint density at radius 2 is 2.09 bits per heavy atom. The molecule has 1 saturated heterocycles. The van der Waals surface area contributed by atoms with E-state index in [1.165, 1.54) is 12.1 Å². The number of halogens is 1. The van der Waals surface area contributed by atoms with Gasteiger partial charge in [-0.15, -0.1) is 0 Å². The number of pyridine rings is 1. The summed E-state index contributed by atoms with van der Waals surface area (Å²) in [5, 5.41) is 8.78. The Bertz CT molecular complexity index is 755. The predicted molar refractivity (Wildman–Crippen MR) is 80.3 cm³/mol. The number of carbonyl (C=O) groups is 1. The number of hydrogen-bond donors (Lipinski definition) is 0. The molecule has 3 rings (SSSR count). The highest BCUT2D eigenvalue weighted by Gasteiger charge is 2.28. The van der Waals surface area contributed by atoms with Gasteiger partial charge < -0.3 is 9.64 Å². The Hall–Kier alpha value is -2.94. The van der Waals surface area contributed by atoms with Crippen molar-refractivity contribution in [2.75, 3.05) is 13.1 Å². The maximum Gasteiger partial charge on any atom is 0.253 e. The number of aromatic nitrogens is 1. The molecule has 1 aromatic carbocycles. The van der Waals surface area contributed by atoms with Crippen LogP contribution < -0.4 is 4.74 Å². The van der Waals surface area contributed by atoms with E-state index in [2.05, 4.69) is 4.98 Å². The molecule has 0 saturated carbocycles. The summed E-state index contributed by atoms with van der Waals surface area (Å²) in [6.45, 7) is 0.996. The van der Waals surface area contributed by atoms with Gasteiger partial charge in [0.05, 0.1) is 18.2 Å². The molecule has 1 amide bonds. The van der Waals surface area contributed by atoms with Gasteiger partial charge in [-0.1, -0.05) is 6.07 Å². The number of nitrogens with zero attached hydrogens (tertiary/aromatic N) is 3. The molecule has 6 heteroatoms. The number of benzene rings is 1. The molecule has 1 unspecified atom stereocenters. The topological polar surface area (TPSA) is 66.2 Å². The van der Waals surface area contributed by atoms with Gasteiger partial charge in [-0.2, -0.15) is 14.6 Å². The molecule has 0 radical (unpaired) electrons. The van der Waals surface area contributed by atoms with E-state index in [0.717, 1.165) is 0 Å². The Morgan fingerprint density at radius 1 is 1.30 bits per heavy atom. The van der Waals surface area contributed by atoms with Crippen molar-refractivity contribution < 1.29 is 13.9 Å². The number of ether oxygens (including phenoxy) is 1. The minimum atomic E-state index is -0.592. The van der Waals surface area contributed by atoms with Crippen LogP contribution in [0.25, 0.3) is 0 Å². The molecule has 2 aromatic rings. The van der Waals surface area contributed by atoms with Gasteiger partial charge in [0, 0.05) is 24.6 Å². The van der Waals surface area contributed by atoms with Crippen LogP contribution in [-0.4, -0.2) is 35.0 Å². The number of likely N-dealkylation sites (tertiary alicyclic amines) is 1. The van der Waals surface area contributed by atoms with Crippen molar-refractivity contribution in [1.29, 1.82) is 5.26 Å². The fourth-order valence-corrected chi connectivity index (χ4v) is 2.50. The zero-order chi connectivity index (χ0) is 16.2. The summed E-state index contributed by atoms with van der Waals surface area (Å²) in [7, 11) is 0. The van der Waals surface area contributed by atoms with Crippen LogP contribution in [0.15, 0.2) is 42.5 Å². The Morgan fingerprint density at radius 3 is 2.78 bits per heavy atom. The summed E-state index contributed by atoms with van der Waals surface area (Å²) in [5.74, 6) is -0.471. The molecule has 1 aliphatic rings. The van der Waals surface area contributed by atoms with Gasteiger partial charge in [0.15, 0.2) is 0 Å². The van der Waals surface area contributed by atoms with Crippen LogP contribution in [0.3, 0.4) is 0 Å². The summed E-state index contributed by atoms with van der Waals surface area (Å²) < 4.78 is 18.7. The summed E-state index contributed by atoms with van der Waals surface area (Å²) in [4.78, 5) is 17.8. The molecule has 0 spiro atoms. The lowest BCUT2D eigenvalue weighted by atomic mass is 10.1. The highest BCUT2D eigenvalue weighted by atomic mass is 19.1. The predicted octanol–water partition coefficient (Wildman–Crippen LogP) is 2.39. The van der Waals surface area contributed by atoms with E-state index in [0.29, 0.717) is 30.6 Å². The average molecular weight is 311 g/mol. The molecule has 116 valence electrons. The molecule has 1 aromatic heterocycles. The van der Waals surface area contributed by atoms with Crippen LogP contribution in [0.5, 0.6) is 5.88 Å². The van der Waals surface area contributed by atoms with Crippen molar-refractivity contribution in [2.45, 2.75) is 12.5 Å². The molecule has 2 heterocycles. The van der Waals surface area contributed by atoms with Gasteiger partial charge in [-0.05, 0) is 30.3 Å². The van der Waals surface area contributed by atoms with Gasteiger partial charge in [-0.3, -0.25) is 4.79 Å². The second-order valence-electron chi connectivity index (χ2n) is 5.27. The fourth-order valence-electron chi connectivity index (χ4n) is 2.50.